The third-order valence-corrected chi connectivity index (χ3v) is 4.32. The molecule has 0 unspecified atom stereocenters. The molecule has 0 aliphatic rings. The van der Waals surface area contributed by atoms with Gasteiger partial charge < -0.3 is 5.32 Å². The molecule has 2 aromatic heterocycles. The number of halogens is 1. The van der Waals surface area contributed by atoms with Crippen LogP contribution in [0, 0.1) is 25.2 Å². The number of nitriles is 1. The summed E-state index contributed by atoms with van der Waals surface area (Å²) in [7, 11) is 0. The molecule has 0 amide bonds. The van der Waals surface area contributed by atoms with Crippen molar-refractivity contribution in [3.05, 3.63) is 37.6 Å². The number of anilines is 1. The first-order valence-electron chi connectivity index (χ1n) is 5.32. The van der Waals surface area contributed by atoms with Gasteiger partial charge in [-0.25, -0.2) is 0 Å². The summed E-state index contributed by atoms with van der Waals surface area (Å²) in [5.41, 5.74) is 2.23. The van der Waals surface area contributed by atoms with E-state index in [0.717, 1.165) is 15.7 Å². The monoisotopic (exact) mass is 322 g/mol. The Morgan fingerprint density at radius 2 is 2.22 bits per heavy atom. The molecule has 0 bridgehead atoms. The van der Waals surface area contributed by atoms with Crippen LogP contribution in [0.25, 0.3) is 0 Å². The molecular weight excluding hydrogens is 312 g/mol. The van der Waals surface area contributed by atoms with Crippen LogP contribution in [0.2, 0.25) is 0 Å². The van der Waals surface area contributed by atoms with Crippen LogP contribution in [0.4, 0.5) is 5.82 Å². The summed E-state index contributed by atoms with van der Waals surface area (Å²) >= 11 is 5.06. The molecule has 18 heavy (non-hydrogen) atoms. The van der Waals surface area contributed by atoms with Crippen LogP contribution < -0.4 is 5.32 Å². The van der Waals surface area contributed by atoms with Gasteiger partial charge in [0.1, 0.15) is 11.6 Å². The first-order chi connectivity index (χ1) is 8.61. The summed E-state index contributed by atoms with van der Waals surface area (Å²) in [6.07, 6.45) is 0. The summed E-state index contributed by atoms with van der Waals surface area (Å²) in [6, 6.07) is 4.22. The van der Waals surface area contributed by atoms with Crippen LogP contribution in [0.15, 0.2) is 15.9 Å². The van der Waals surface area contributed by atoms with Crippen molar-refractivity contribution in [1.29, 1.82) is 5.26 Å². The van der Waals surface area contributed by atoms with Crippen molar-refractivity contribution in [3.63, 3.8) is 0 Å². The Kier molecular flexibility index (Phi) is 3.94. The second kappa shape index (κ2) is 5.46. The van der Waals surface area contributed by atoms with E-state index in [9.17, 15) is 0 Å². The average Bonchev–Trinajstić information content (AvgIpc) is 2.77. The maximum Gasteiger partial charge on any atom is 0.167 e. The molecule has 0 radical (unpaired) electrons. The number of hydrogen-bond acceptors (Lipinski definition) is 5. The number of aryl methyl sites for hydroxylation is 1. The van der Waals surface area contributed by atoms with Crippen molar-refractivity contribution >= 4 is 33.1 Å². The molecule has 0 saturated heterocycles. The topological polar surface area (TPSA) is 61.6 Å². The summed E-state index contributed by atoms with van der Waals surface area (Å²) in [4.78, 5) is 1.17. The zero-order valence-electron chi connectivity index (χ0n) is 9.99. The standard InChI is InChI=1S/C12H11BrN4S/c1-7-8(2)16-17-12(11(7)4-14)15-5-10-3-9(13)6-18-10/h3,6H,5H2,1-2H3,(H,15,17). The first kappa shape index (κ1) is 13.0. The van der Waals surface area contributed by atoms with E-state index in [1.807, 2.05) is 25.3 Å². The van der Waals surface area contributed by atoms with Crippen molar-refractivity contribution in [2.24, 2.45) is 0 Å². The fourth-order valence-electron chi connectivity index (χ4n) is 1.49. The van der Waals surface area contributed by atoms with Crippen molar-refractivity contribution in [2.45, 2.75) is 20.4 Å². The molecular formula is C12H11BrN4S. The van der Waals surface area contributed by atoms with Gasteiger partial charge in [0.15, 0.2) is 5.82 Å². The third kappa shape index (κ3) is 2.68. The third-order valence-electron chi connectivity index (χ3n) is 2.62. The van der Waals surface area contributed by atoms with Gasteiger partial charge in [0.05, 0.1) is 12.2 Å². The van der Waals surface area contributed by atoms with E-state index in [1.165, 1.54) is 4.88 Å². The highest BCUT2D eigenvalue weighted by molar-refractivity contribution is 9.10. The molecule has 6 heteroatoms. The highest BCUT2D eigenvalue weighted by Gasteiger charge is 2.10. The zero-order valence-corrected chi connectivity index (χ0v) is 12.4. The maximum absolute atomic E-state index is 9.16. The molecule has 92 valence electrons. The number of thiophene rings is 1. The van der Waals surface area contributed by atoms with Gasteiger partial charge in [-0.05, 0) is 41.4 Å². The Labute approximate surface area is 118 Å². The number of hydrogen-bond donors (Lipinski definition) is 1. The molecule has 2 rings (SSSR count). The lowest BCUT2D eigenvalue weighted by Crippen LogP contribution is -2.06. The highest BCUT2D eigenvalue weighted by Crippen LogP contribution is 2.22. The van der Waals surface area contributed by atoms with Crippen LogP contribution in [0.5, 0.6) is 0 Å². The van der Waals surface area contributed by atoms with Crippen molar-refractivity contribution in [3.8, 4) is 6.07 Å². The Hall–Kier alpha value is -1.45. The van der Waals surface area contributed by atoms with E-state index in [4.69, 9.17) is 5.26 Å². The summed E-state index contributed by atoms with van der Waals surface area (Å²) in [5, 5.41) is 22.4. The predicted octanol–water partition coefficient (Wildman–Crippen LogP) is 3.40. The lowest BCUT2D eigenvalue weighted by atomic mass is 10.1. The van der Waals surface area contributed by atoms with E-state index in [0.29, 0.717) is 17.9 Å². The van der Waals surface area contributed by atoms with Gasteiger partial charge >= 0.3 is 0 Å². The minimum absolute atomic E-state index is 0.546. The van der Waals surface area contributed by atoms with Crippen molar-refractivity contribution < 1.29 is 0 Å². The normalized spacial score (nSPS) is 10.1. The van der Waals surface area contributed by atoms with Crippen LogP contribution in [0.3, 0.4) is 0 Å². The summed E-state index contributed by atoms with van der Waals surface area (Å²) in [5.74, 6) is 0.546. The van der Waals surface area contributed by atoms with Gasteiger partial charge in [-0.1, -0.05) is 0 Å². The molecule has 0 fully saturated rings. The van der Waals surface area contributed by atoms with Gasteiger partial charge in [-0.2, -0.15) is 10.4 Å². The Morgan fingerprint density at radius 3 is 2.83 bits per heavy atom. The largest absolute Gasteiger partial charge is 0.363 e. The van der Waals surface area contributed by atoms with E-state index in [-0.39, 0.29) is 0 Å². The molecule has 0 spiro atoms. The van der Waals surface area contributed by atoms with E-state index < -0.39 is 0 Å². The minimum Gasteiger partial charge on any atom is -0.363 e. The molecule has 1 N–H and O–H groups in total. The van der Waals surface area contributed by atoms with E-state index in [1.54, 1.807) is 11.3 Å². The first-order valence-corrected chi connectivity index (χ1v) is 7.00. The summed E-state index contributed by atoms with van der Waals surface area (Å²) < 4.78 is 1.07. The highest BCUT2D eigenvalue weighted by atomic mass is 79.9. The van der Waals surface area contributed by atoms with Crippen molar-refractivity contribution in [2.75, 3.05) is 5.32 Å². The lowest BCUT2D eigenvalue weighted by molar-refractivity contribution is 0.943. The second-order valence-corrected chi connectivity index (χ2v) is 5.74. The average molecular weight is 323 g/mol. The SMILES string of the molecule is Cc1nnc(NCc2cc(Br)cs2)c(C#N)c1C. The Morgan fingerprint density at radius 1 is 1.44 bits per heavy atom. The molecule has 0 aliphatic carbocycles. The maximum atomic E-state index is 9.16. The number of nitrogens with zero attached hydrogens (tertiary/aromatic N) is 3. The van der Waals surface area contributed by atoms with Gasteiger partial charge in [0.2, 0.25) is 0 Å². The molecule has 2 heterocycles. The Balaban J connectivity index is 2.20. The van der Waals surface area contributed by atoms with Crippen LogP contribution in [0.1, 0.15) is 21.7 Å². The number of nitrogens with one attached hydrogen (secondary N) is 1. The van der Waals surface area contributed by atoms with E-state index >= 15 is 0 Å². The zero-order chi connectivity index (χ0) is 13.1. The molecule has 0 aliphatic heterocycles. The minimum atomic E-state index is 0.546. The van der Waals surface area contributed by atoms with Gasteiger partial charge in [0.25, 0.3) is 0 Å². The number of aromatic nitrogens is 2. The second-order valence-electron chi connectivity index (χ2n) is 3.83. The molecule has 0 aromatic carbocycles. The molecule has 0 atom stereocenters. The van der Waals surface area contributed by atoms with Gasteiger partial charge in [-0.3, -0.25) is 0 Å². The van der Waals surface area contributed by atoms with E-state index in [2.05, 4.69) is 37.5 Å². The predicted molar refractivity (Wildman–Crippen MR) is 75.6 cm³/mol. The quantitative estimate of drug-likeness (QED) is 0.940. The van der Waals surface area contributed by atoms with Crippen LogP contribution >= 0.6 is 27.3 Å². The van der Waals surface area contributed by atoms with Gasteiger partial charge in [0, 0.05) is 14.7 Å². The van der Waals surface area contributed by atoms with Gasteiger partial charge in [-0.15, -0.1) is 16.4 Å². The smallest absolute Gasteiger partial charge is 0.167 e. The molecule has 2 aromatic rings. The van der Waals surface area contributed by atoms with Crippen LogP contribution in [-0.4, -0.2) is 10.2 Å². The van der Waals surface area contributed by atoms with Crippen molar-refractivity contribution in [1.82, 2.24) is 10.2 Å². The summed E-state index contributed by atoms with van der Waals surface area (Å²) in [6.45, 7) is 4.38. The fourth-order valence-corrected chi connectivity index (χ4v) is 2.88. The molecule has 4 nitrogen and oxygen atoms in total. The van der Waals surface area contributed by atoms with Crippen LogP contribution in [-0.2, 0) is 6.54 Å². The fraction of sp³-hybridized carbons (Fsp3) is 0.250. The molecule has 0 saturated carbocycles. The lowest BCUT2D eigenvalue weighted by Gasteiger charge is -2.08. The Bertz CT molecular complexity index is 615. The number of rotatable bonds is 3.